The van der Waals surface area contributed by atoms with E-state index in [9.17, 15) is 18.4 Å². The molecule has 0 saturated heterocycles. The van der Waals surface area contributed by atoms with Crippen LogP contribution in [0.3, 0.4) is 0 Å². The molecular formula is C19H15F2N3O4. The maximum atomic E-state index is 14.3. The van der Waals surface area contributed by atoms with Crippen molar-refractivity contribution in [1.82, 2.24) is 10.4 Å². The molecule has 28 heavy (non-hydrogen) atoms. The molecule has 144 valence electrons. The summed E-state index contributed by atoms with van der Waals surface area (Å²) in [5, 5.41) is 0. The topological polar surface area (TPSA) is 93.5 Å². The van der Waals surface area contributed by atoms with Crippen LogP contribution in [0.4, 0.5) is 14.7 Å². The third-order valence-corrected chi connectivity index (χ3v) is 3.74. The van der Waals surface area contributed by atoms with Crippen molar-refractivity contribution < 1.29 is 27.5 Å². The Balaban J connectivity index is 1.82. The third-order valence-electron chi connectivity index (χ3n) is 3.74. The van der Waals surface area contributed by atoms with Gasteiger partial charge in [-0.25, -0.2) is 4.79 Å². The highest BCUT2D eigenvalue weighted by molar-refractivity contribution is 5.93. The number of amides is 1. The lowest BCUT2D eigenvalue weighted by Gasteiger charge is -2.16. The number of anilines is 1. The van der Waals surface area contributed by atoms with Gasteiger partial charge in [-0.3, -0.25) is 15.6 Å². The lowest BCUT2D eigenvalue weighted by atomic mass is 10.1. The monoisotopic (exact) mass is 387 g/mol. The third kappa shape index (κ3) is 3.83. The zero-order valence-corrected chi connectivity index (χ0v) is 14.6. The van der Waals surface area contributed by atoms with Crippen LogP contribution in [-0.4, -0.2) is 24.0 Å². The van der Waals surface area contributed by atoms with E-state index >= 15 is 0 Å². The number of hydrazine groups is 1. The Labute approximate surface area is 158 Å². The van der Waals surface area contributed by atoms with E-state index in [1.54, 1.807) is 36.4 Å². The summed E-state index contributed by atoms with van der Waals surface area (Å²) in [5.41, 5.74) is 3.79. The van der Waals surface area contributed by atoms with Crippen LogP contribution in [0.2, 0.25) is 0 Å². The van der Waals surface area contributed by atoms with Crippen LogP contribution in [0.25, 0.3) is 11.5 Å². The number of nitrogens with zero attached hydrogens (tertiary/aromatic N) is 1. The number of methoxy groups -OCH3 is 1. The summed E-state index contributed by atoms with van der Waals surface area (Å²) >= 11 is 0. The number of ether oxygens (including phenoxy) is 1. The fraction of sp³-hybridized carbons (Fsp3) is 0.105. The van der Waals surface area contributed by atoms with E-state index in [1.807, 2.05) is 5.43 Å². The average molecular weight is 387 g/mol. The molecule has 0 aliphatic heterocycles. The number of oxazole rings is 1. The van der Waals surface area contributed by atoms with E-state index < -0.39 is 23.4 Å². The van der Waals surface area contributed by atoms with Gasteiger partial charge in [-0.15, -0.1) is 0 Å². The van der Waals surface area contributed by atoms with Gasteiger partial charge in [0.2, 0.25) is 17.5 Å². The predicted octanol–water partition coefficient (Wildman–Crippen LogP) is 3.36. The fourth-order valence-electron chi connectivity index (χ4n) is 2.31. The summed E-state index contributed by atoms with van der Waals surface area (Å²) in [6.45, 7) is 0. The molecule has 7 nitrogen and oxygen atoms in total. The first kappa shape index (κ1) is 19.0. The first-order valence-electron chi connectivity index (χ1n) is 8.08. The van der Waals surface area contributed by atoms with Gasteiger partial charge in [0, 0.05) is 11.1 Å². The number of rotatable bonds is 6. The molecule has 9 heteroatoms. The summed E-state index contributed by atoms with van der Waals surface area (Å²) in [4.78, 5) is 27.9. The average Bonchev–Trinajstić information content (AvgIpc) is 3.17. The smallest absolute Gasteiger partial charge is 0.362 e. The molecule has 0 bridgehead atoms. The molecule has 0 unspecified atom stereocenters. The van der Waals surface area contributed by atoms with Crippen molar-refractivity contribution in [1.29, 1.82) is 0 Å². The number of alkyl halides is 2. The van der Waals surface area contributed by atoms with Crippen molar-refractivity contribution in [3.05, 3.63) is 71.9 Å². The normalized spacial score (nSPS) is 11.0. The van der Waals surface area contributed by atoms with Gasteiger partial charge in [0.1, 0.15) is 0 Å². The molecule has 0 atom stereocenters. The minimum atomic E-state index is -3.80. The molecule has 0 saturated carbocycles. The van der Waals surface area contributed by atoms with Crippen LogP contribution < -0.4 is 10.9 Å². The first-order valence-corrected chi connectivity index (χ1v) is 8.08. The summed E-state index contributed by atoms with van der Waals surface area (Å²) < 4.78 is 38.5. The van der Waals surface area contributed by atoms with Crippen molar-refractivity contribution in [2.45, 2.75) is 5.92 Å². The molecule has 3 aromatic rings. The van der Waals surface area contributed by atoms with E-state index in [0.29, 0.717) is 5.56 Å². The summed E-state index contributed by atoms with van der Waals surface area (Å²) in [6, 6.07) is 15.2. The van der Waals surface area contributed by atoms with Gasteiger partial charge in [-0.05, 0) is 12.1 Å². The Hall–Kier alpha value is -3.75. The second-order valence-corrected chi connectivity index (χ2v) is 5.57. The van der Waals surface area contributed by atoms with Crippen LogP contribution in [0.5, 0.6) is 0 Å². The van der Waals surface area contributed by atoms with Gasteiger partial charge >= 0.3 is 17.8 Å². The van der Waals surface area contributed by atoms with E-state index in [2.05, 4.69) is 15.1 Å². The number of hydrogen-bond donors (Lipinski definition) is 2. The van der Waals surface area contributed by atoms with E-state index in [4.69, 9.17) is 4.42 Å². The highest BCUT2D eigenvalue weighted by Gasteiger charge is 2.41. The van der Waals surface area contributed by atoms with E-state index in [0.717, 1.165) is 19.2 Å². The Morgan fingerprint density at radius 3 is 2.25 bits per heavy atom. The molecule has 0 aliphatic carbocycles. The van der Waals surface area contributed by atoms with Gasteiger partial charge in [0.15, 0.2) is 0 Å². The molecule has 0 radical (unpaired) electrons. The zero-order valence-electron chi connectivity index (χ0n) is 14.6. The minimum absolute atomic E-state index is 0.0487. The number of carbonyl (C=O) groups is 2. The van der Waals surface area contributed by atoms with Crippen molar-refractivity contribution in [3.8, 4) is 11.5 Å². The standard InChI is InChI=1S/C19H15F2N3O4/c1-27-17(25)14-16(28-15(22-14)12-8-4-2-5-9-12)23-24-18(26)19(20,21)13-10-6-3-7-11-13/h2-11,23H,1H3,(H,24,26). The van der Waals surface area contributed by atoms with Crippen LogP contribution in [-0.2, 0) is 15.5 Å². The van der Waals surface area contributed by atoms with E-state index in [-0.39, 0.29) is 17.5 Å². The van der Waals surface area contributed by atoms with Crippen molar-refractivity contribution in [2.24, 2.45) is 0 Å². The summed E-state index contributed by atoms with van der Waals surface area (Å²) in [7, 11) is 1.13. The molecule has 1 heterocycles. The van der Waals surface area contributed by atoms with Gasteiger partial charge in [-0.2, -0.15) is 13.8 Å². The van der Waals surface area contributed by atoms with Crippen LogP contribution >= 0.6 is 0 Å². The molecule has 0 aliphatic rings. The van der Waals surface area contributed by atoms with Crippen molar-refractivity contribution in [3.63, 3.8) is 0 Å². The Bertz CT molecular complexity index is 975. The maximum Gasteiger partial charge on any atom is 0.362 e. The quantitative estimate of drug-likeness (QED) is 0.498. The largest absolute Gasteiger partial charge is 0.464 e. The molecular weight excluding hydrogens is 372 g/mol. The van der Waals surface area contributed by atoms with Gasteiger partial charge in [0.25, 0.3) is 0 Å². The van der Waals surface area contributed by atoms with Crippen molar-refractivity contribution >= 4 is 17.8 Å². The number of hydrogen-bond acceptors (Lipinski definition) is 6. The highest BCUT2D eigenvalue weighted by atomic mass is 19.3. The van der Waals surface area contributed by atoms with Crippen LogP contribution in [0, 0.1) is 0 Å². The fourth-order valence-corrected chi connectivity index (χ4v) is 2.31. The number of halogens is 2. The minimum Gasteiger partial charge on any atom is -0.464 e. The highest BCUT2D eigenvalue weighted by Crippen LogP contribution is 2.29. The predicted molar refractivity (Wildman–Crippen MR) is 95.4 cm³/mol. The van der Waals surface area contributed by atoms with Crippen molar-refractivity contribution in [2.75, 3.05) is 12.5 Å². The summed E-state index contributed by atoms with van der Waals surface area (Å²) in [6.07, 6.45) is 0. The molecule has 3 rings (SSSR count). The molecule has 1 aromatic heterocycles. The Morgan fingerprint density at radius 2 is 1.64 bits per heavy atom. The first-order chi connectivity index (χ1) is 13.4. The Morgan fingerprint density at radius 1 is 1.04 bits per heavy atom. The number of carbonyl (C=O) groups excluding carboxylic acids is 2. The second-order valence-electron chi connectivity index (χ2n) is 5.57. The number of nitrogens with one attached hydrogen (secondary N) is 2. The molecule has 0 spiro atoms. The number of aromatic nitrogens is 1. The van der Waals surface area contributed by atoms with Crippen LogP contribution in [0.15, 0.2) is 65.1 Å². The van der Waals surface area contributed by atoms with Crippen LogP contribution in [0.1, 0.15) is 16.1 Å². The number of benzene rings is 2. The molecule has 2 aromatic carbocycles. The molecule has 2 N–H and O–H groups in total. The number of esters is 1. The van der Waals surface area contributed by atoms with E-state index in [1.165, 1.54) is 12.1 Å². The maximum absolute atomic E-state index is 14.3. The molecule has 0 fully saturated rings. The van der Waals surface area contributed by atoms with Gasteiger partial charge in [-0.1, -0.05) is 48.5 Å². The second kappa shape index (κ2) is 7.87. The van der Waals surface area contributed by atoms with Gasteiger partial charge in [0.05, 0.1) is 7.11 Å². The lowest BCUT2D eigenvalue weighted by molar-refractivity contribution is -0.146. The SMILES string of the molecule is COC(=O)c1nc(-c2ccccc2)oc1NNC(=O)C(F)(F)c1ccccc1. The molecule has 1 amide bonds. The Kier molecular flexibility index (Phi) is 5.35. The summed E-state index contributed by atoms with van der Waals surface area (Å²) in [5.74, 6) is -6.58. The zero-order chi connectivity index (χ0) is 20.1. The van der Waals surface area contributed by atoms with Gasteiger partial charge < -0.3 is 9.15 Å². The lowest BCUT2D eigenvalue weighted by Crippen LogP contribution is -2.41.